The van der Waals surface area contributed by atoms with Crippen LogP contribution in [0.4, 0.5) is 17.3 Å². The van der Waals surface area contributed by atoms with E-state index in [1.807, 2.05) is 30.3 Å². The van der Waals surface area contributed by atoms with Crippen molar-refractivity contribution < 1.29 is 4.79 Å². The van der Waals surface area contributed by atoms with Gasteiger partial charge in [0.25, 0.3) is 5.91 Å². The Hall–Kier alpha value is -2.56. The van der Waals surface area contributed by atoms with Crippen LogP contribution in [0.25, 0.3) is 0 Å². The lowest BCUT2D eigenvalue weighted by Gasteiger charge is -2.35. The maximum atomic E-state index is 12.9. The maximum absolute atomic E-state index is 12.9. The van der Waals surface area contributed by atoms with E-state index in [0.29, 0.717) is 11.7 Å². The highest BCUT2D eigenvalue weighted by Gasteiger charge is 2.24. The fourth-order valence-electron chi connectivity index (χ4n) is 3.81. The zero-order valence-electron chi connectivity index (χ0n) is 14.6. The van der Waals surface area contributed by atoms with Gasteiger partial charge in [-0.3, -0.25) is 4.79 Å². The van der Waals surface area contributed by atoms with Gasteiger partial charge in [-0.1, -0.05) is 12.1 Å². The minimum absolute atomic E-state index is 0.0963. The highest BCUT2D eigenvalue weighted by Crippen LogP contribution is 2.29. The Kier molecular flexibility index (Phi) is 4.30. The third-order valence-corrected chi connectivity index (χ3v) is 5.11. The van der Waals surface area contributed by atoms with Crippen molar-refractivity contribution in [2.75, 3.05) is 35.2 Å². The Balaban J connectivity index is 1.75. The fourth-order valence-corrected chi connectivity index (χ4v) is 3.81. The molecule has 2 aromatic rings. The van der Waals surface area contributed by atoms with Crippen LogP contribution < -0.4 is 15.5 Å². The van der Waals surface area contributed by atoms with Crippen molar-refractivity contribution in [2.45, 2.75) is 26.2 Å². The van der Waals surface area contributed by atoms with Crippen LogP contribution in [0.1, 0.15) is 35.2 Å². The van der Waals surface area contributed by atoms with Crippen LogP contribution in [0, 0.1) is 12.8 Å². The second-order valence-corrected chi connectivity index (χ2v) is 7.05. The van der Waals surface area contributed by atoms with Crippen molar-refractivity contribution in [3.63, 3.8) is 0 Å². The number of hydrogen-bond acceptors (Lipinski definition) is 4. The van der Waals surface area contributed by atoms with Crippen molar-refractivity contribution in [3.8, 4) is 0 Å². The molecule has 0 aliphatic carbocycles. The molecular formula is C20H24N4O. The predicted octanol–water partition coefficient (Wildman–Crippen LogP) is 3.67. The van der Waals surface area contributed by atoms with E-state index in [1.54, 1.807) is 0 Å². The van der Waals surface area contributed by atoms with E-state index in [9.17, 15) is 4.79 Å². The van der Waals surface area contributed by atoms with Gasteiger partial charge in [-0.05, 0) is 61.9 Å². The van der Waals surface area contributed by atoms with Crippen molar-refractivity contribution in [1.29, 1.82) is 0 Å². The SMILES string of the molecule is Cc1ccc2c(c1)N1CCCC(CCNc3cccc(n3)NC2=O)C1. The van der Waals surface area contributed by atoms with Gasteiger partial charge in [-0.2, -0.15) is 0 Å². The van der Waals surface area contributed by atoms with Crippen LogP contribution in [-0.4, -0.2) is 30.5 Å². The number of carbonyl (C=O) groups is 1. The Morgan fingerprint density at radius 2 is 2.04 bits per heavy atom. The molecule has 0 saturated carbocycles. The number of aromatic nitrogens is 1. The van der Waals surface area contributed by atoms with Gasteiger partial charge in [0, 0.05) is 25.3 Å². The molecule has 1 aromatic heterocycles. The molecule has 3 heterocycles. The molecule has 2 aliphatic heterocycles. The van der Waals surface area contributed by atoms with Crippen molar-refractivity contribution in [2.24, 2.45) is 5.92 Å². The standard InChI is InChI=1S/C20H24N4O/c1-14-7-8-16-17(12-14)24-11-3-4-15(13-24)9-10-21-18-5-2-6-19(22-18)23-20(16)25/h2,5-8,12,15H,3-4,9-11,13H2,1H3,(H2,21,22,23,25). The van der Waals surface area contributed by atoms with Gasteiger partial charge < -0.3 is 15.5 Å². The van der Waals surface area contributed by atoms with Crippen molar-refractivity contribution in [1.82, 2.24) is 4.98 Å². The summed E-state index contributed by atoms with van der Waals surface area (Å²) < 4.78 is 0. The molecule has 5 nitrogen and oxygen atoms in total. The monoisotopic (exact) mass is 336 g/mol. The van der Waals surface area contributed by atoms with Crippen LogP contribution >= 0.6 is 0 Å². The number of hydrogen-bond donors (Lipinski definition) is 2. The largest absolute Gasteiger partial charge is 0.371 e. The molecule has 4 bridgehead atoms. The fraction of sp³-hybridized carbons (Fsp3) is 0.400. The molecule has 1 amide bonds. The first-order chi connectivity index (χ1) is 12.2. The molecular weight excluding hydrogens is 312 g/mol. The number of fused-ring (bicyclic) bond motifs is 6. The summed E-state index contributed by atoms with van der Waals surface area (Å²) in [4.78, 5) is 19.8. The van der Waals surface area contributed by atoms with Crippen LogP contribution in [0.15, 0.2) is 36.4 Å². The minimum atomic E-state index is -0.0963. The molecule has 130 valence electrons. The third kappa shape index (κ3) is 3.45. The number of anilines is 3. The summed E-state index contributed by atoms with van der Waals surface area (Å²) in [6.07, 6.45) is 3.54. The van der Waals surface area contributed by atoms with Gasteiger partial charge in [0.15, 0.2) is 0 Å². The van der Waals surface area contributed by atoms with Gasteiger partial charge in [-0.15, -0.1) is 0 Å². The Bertz CT molecular complexity index is 789. The van der Waals surface area contributed by atoms with Crippen LogP contribution in [0.3, 0.4) is 0 Å². The molecule has 1 fully saturated rings. The number of pyridine rings is 1. The summed E-state index contributed by atoms with van der Waals surface area (Å²) in [7, 11) is 0. The number of aryl methyl sites for hydroxylation is 1. The molecule has 1 saturated heterocycles. The van der Waals surface area contributed by atoms with Gasteiger partial charge in [0.1, 0.15) is 11.6 Å². The lowest BCUT2D eigenvalue weighted by atomic mass is 9.93. The number of nitrogens with one attached hydrogen (secondary N) is 2. The normalized spacial score (nSPS) is 20.3. The molecule has 2 aliphatic rings. The van der Waals surface area contributed by atoms with Gasteiger partial charge in [0.05, 0.1) is 5.56 Å². The van der Waals surface area contributed by atoms with E-state index in [2.05, 4.69) is 33.5 Å². The van der Waals surface area contributed by atoms with E-state index in [-0.39, 0.29) is 5.91 Å². The number of carbonyl (C=O) groups excluding carboxylic acids is 1. The predicted molar refractivity (Wildman–Crippen MR) is 101 cm³/mol. The molecule has 2 N–H and O–H groups in total. The number of amides is 1. The molecule has 5 heteroatoms. The van der Waals surface area contributed by atoms with Crippen molar-refractivity contribution in [3.05, 3.63) is 47.5 Å². The van der Waals surface area contributed by atoms with E-state index in [0.717, 1.165) is 43.1 Å². The summed E-state index contributed by atoms with van der Waals surface area (Å²) in [6, 6.07) is 11.8. The summed E-state index contributed by atoms with van der Waals surface area (Å²) in [6.45, 7) is 5.01. The highest BCUT2D eigenvalue weighted by molar-refractivity contribution is 6.08. The summed E-state index contributed by atoms with van der Waals surface area (Å²) in [5.74, 6) is 1.94. The van der Waals surface area contributed by atoms with E-state index >= 15 is 0 Å². The molecule has 4 rings (SSSR count). The zero-order chi connectivity index (χ0) is 17.2. The average Bonchev–Trinajstić information content (AvgIpc) is 2.62. The Labute approximate surface area is 148 Å². The number of benzene rings is 1. The van der Waals surface area contributed by atoms with Crippen LogP contribution in [0.2, 0.25) is 0 Å². The second kappa shape index (κ2) is 6.75. The third-order valence-electron chi connectivity index (χ3n) is 5.11. The molecule has 25 heavy (non-hydrogen) atoms. The number of piperidine rings is 1. The molecule has 1 aromatic carbocycles. The second-order valence-electron chi connectivity index (χ2n) is 7.05. The smallest absolute Gasteiger partial charge is 0.258 e. The average molecular weight is 336 g/mol. The number of rotatable bonds is 0. The van der Waals surface area contributed by atoms with E-state index in [1.165, 1.54) is 18.4 Å². The van der Waals surface area contributed by atoms with E-state index in [4.69, 9.17) is 0 Å². The molecule has 1 atom stereocenters. The molecule has 0 radical (unpaired) electrons. The van der Waals surface area contributed by atoms with Crippen molar-refractivity contribution >= 4 is 23.2 Å². The van der Waals surface area contributed by atoms with Gasteiger partial charge in [0.2, 0.25) is 0 Å². The van der Waals surface area contributed by atoms with Gasteiger partial charge in [-0.25, -0.2) is 4.98 Å². The minimum Gasteiger partial charge on any atom is -0.371 e. The summed E-state index contributed by atoms with van der Waals surface area (Å²) >= 11 is 0. The maximum Gasteiger partial charge on any atom is 0.258 e. The highest BCUT2D eigenvalue weighted by atomic mass is 16.1. The Morgan fingerprint density at radius 3 is 2.96 bits per heavy atom. The van der Waals surface area contributed by atoms with Crippen LogP contribution in [-0.2, 0) is 0 Å². The van der Waals surface area contributed by atoms with E-state index < -0.39 is 0 Å². The quantitative estimate of drug-likeness (QED) is 0.771. The topological polar surface area (TPSA) is 57.3 Å². The summed E-state index contributed by atoms with van der Waals surface area (Å²) in [5, 5.41) is 6.34. The lowest BCUT2D eigenvalue weighted by molar-refractivity contribution is 0.102. The van der Waals surface area contributed by atoms with Crippen LogP contribution in [0.5, 0.6) is 0 Å². The summed E-state index contributed by atoms with van der Waals surface area (Å²) in [5.41, 5.74) is 2.95. The zero-order valence-corrected chi connectivity index (χ0v) is 14.6. The first-order valence-electron chi connectivity index (χ1n) is 9.07. The number of nitrogens with zero attached hydrogens (tertiary/aromatic N) is 2. The molecule has 1 unspecified atom stereocenters. The molecule has 0 spiro atoms. The first kappa shape index (κ1) is 15.9. The first-order valence-corrected chi connectivity index (χ1v) is 9.07. The Morgan fingerprint density at radius 1 is 1.16 bits per heavy atom. The van der Waals surface area contributed by atoms with Gasteiger partial charge >= 0.3 is 0 Å². The lowest BCUT2D eigenvalue weighted by Crippen LogP contribution is -2.37.